The highest BCUT2D eigenvalue weighted by molar-refractivity contribution is 7.80. The van der Waals surface area contributed by atoms with Gasteiger partial charge in [0, 0.05) is 0 Å². The molecule has 7 aromatic rings. The summed E-state index contributed by atoms with van der Waals surface area (Å²) in [4.78, 5) is 0. The molecule has 0 saturated carbocycles. The molecule has 0 atom stereocenters. The Hall–Kier alpha value is -4.51. The van der Waals surface area contributed by atoms with Crippen molar-refractivity contribution in [3.63, 3.8) is 0 Å². The summed E-state index contributed by atoms with van der Waals surface area (Å²) >= 11 is 0. The zero-order valence-electron chi connectivity index (χ0n) is 22.5. The van der Waals surface area contributed by atoms with Crippen molar-refractivity contribution in [3.05, 3.63) is 163 Å². The van der Waals surface area contributed by atoms with E-state index in [1.807, 2.05) is 0 Å². The number of benzene rings is 7. The van der Waals surface area contributed by atoms with Gasteiger partial charge in [-0.1, -0.05) is 163 Å². The predicted octanol–water partition coefficient (Wildman–Crippen LogP) is 9.39. The van der Waals surface area contributed by atoms with Gasteiger partial charge in [-0.05, 0) is 74.6 Å². The van der Waals surface area contributed by atoms with Gasteiger partial charge in [-0.3, -0.25) is 0 Å². The molecule has 0 N–H and O–H groups in total. The van der Waals surface area contributed by atoms with Crippen LogP contribution in [0.5, 0.6) is 0 Å². The van der Waals surface area contributed by atoms with Gasteiger partial charge in [-0.25, -0.2) is 0 Å². The average molecular weight is 529 g/mol. The molecule has 0 spiro atoms. The molecule has 190 valence electrons. The maximum absolute atomic E-state index is 2.39. The summed E-state index contributed by atoms with van der Waals surface area (Å²) in [5.74, 6) is 0. The van der Waals surface area contributed by atoms with E-state index >= 15 is 0 Å². The van der Waals surface area contributed by atoms with E-state index in [1.165, 1.54) is 65.3 Å². The van der Waals surface area contributed by atoms with Crippen LogP contribution in [-0.2, 0) is 0 Å². The number of aryl methyl sites for hydroxylation is 1. The summed E-state index contributed by atoms with van der Waals surface area (Å²) in [6, 6.07) is 58.0. The molecule has 0 aromatic heterocycles. The highest BCUT2D eigenvalue weighted by atomic mass is 31.1. The third kappa shape index (κ3) is 4.41. The molecule has 0 saturated heterocycles. The van der Waals surface area contributed by atoms with Crippen LogP contribution in [0.2, 0.25) is 0 Å². The van der Waals surface area contributed by atoms with Crippen molar-refractivity contribution in [2.24, 2.45) is 0 Å². The Labute approximate surface area is 237 Å². The van der Waals surface area contributed by atoms with Gasteiger partial charge in [0.15, 0.2) is 0 Å². The van der Waals surface area contributed by atoms with E-state index in [2.05, 4.69) is 165 Å². The molecule has 0 aliphatic rings. The lowest BCUT2D eigenvalue weighted by atomic mass is 9.87. The van der Waals surface area contributed by atoms with E-state index in [-0.39, 0.29) is 0 Å². The first kappa shape index (κ1) is 24.5. The van der Waals surface area contributed by atoms with Crippen LogP contribution in [0.4, 0.5) is 0 Å². The standard InChI is InChI=1S/C39H29P/c1-28-13-12-16-31(27-28)36-25-23-29-14-8-10-21-34(29)38(36)39-35-22-11-9-15-30(35)24-26-37(39)40(32-17-4-2-5-18-32)33-19-6-3-7-20-33/h2-27H,1H3. The molecule has 0 aliphatic carbocycles. The first-order valence-corrected chi connectivity index (χ1v) is 15.1. The Bertz CT molecular complexity index is 1920. The highest BCUT2D eigenvalue weighted by Crippen LogP contribution is 2.45. The van der Waals surface area contributed by atoms with Crippen LogP contribution >= 0.6 is 7.92 Å². The summed E-state index contributed by atoms with van der Waals surface area (Å²) in [7, 11) is -0.807. The number of rotatable bonds is 5. The second-order valence-electron chi connectivity index (χ2n) is 10.3. The first-order chi connectivity index (χ1) is 19.8. The predicted molar refractivity (Wildman–Crippen MR) is 176 cm³/mol. The average Bonchev–Trinajstić information content (AvgIpc) is 3.02. The van der Waals surface area contributed by atoms with Crippen LogP contribution < -0.4 is 15.9 Å². The molecule has 0 unspecified atom stereocenters. The molecule has 0 nitrogen and oxygen atoms in total. The SMILES string of the molecule is Cc1cccc(-c2ccc3ccccc3c2-c2c(P(c3ccccc3)c3ccccc3)ccc3ccccc23)c1. The van der Waals surface area contributed by atoms with E-state index in [1.54, 1.807) is 0 Å². The summed E-state index contributed by atoms with van der Waals surface area (Å²) < 4.78 is 0. The molecule has 7 rings (SSSR count). The Morgan fingerprint density at radius 2 is 0.975 bits per heavy atom. The largest absolute Gasteiger partial charge is 0.0622 e. The first-order valence-electron chi connectivity index (χ1n) is 13.8. The van der Waals surface area contributed by atoms with E-state index in [4.69, 9.17) is 0 Å². The molecule has 0 aliphatic heterocycles. The van der Waals surface area contributed by atoms with Crippen LogP contribution in [0, 0.1) is 6.92 Å². The van der Waals surface area contributed by atoms with Crippen LogP contribution in [-0.4, -0.2) is 0 Å². The second kappa shape index (κ2) is 10.6. The number of fused-ring (bicyclic) bond motifs is 2. The smallest absolute Gasteiger partial charge is 0.000925 e. The van der Waals surface area contributed by atoms with E-state index in [0.717, 1.165) is 0 Å². The van der Waals surface area contributed by atoms with Crippen LogP contribution in [0.25, 0.3) is 43.8 Å². The van der Waals surface area contributed by atoms with Crippen LogP contribution in [0.15, 0.2) is 158 Å². The van der Waals surface area contributed by atoms with E-state index in [9.17, 15) is 0 Å². The van der Waals surface area contributed by atoms with Crippen molar-refractivity contribution in [2.75, 3.05) is 0 Å². The Balaban J connectivity index is 1.65. The lowest BCUT2D eigenvalue weighted by molar-refractivity contribution is 1.47. The van der Waals surface area contributed by atoms with E-state index < -0.39 is 7.92 Å². The molecule has 1 heteroatoms. The molecule has 0 bridgehead atoms. The van der Waals surface area contributed by atoms with Crippen molar-refractivity contribution >= 4 is 45.4 Å². The Kier molecular flexibility index (Phi) is 6.48. The van der Waals surface area contributed by atoms with Crippen molar-refractivity contribution in [1.82, 2.24) is 0 Å². The molecule has 0 heterocycles. The minimum absolute atomic E-state index is 0.807. The second-order valence-corrected chi connectivity index (χ2v) is 12.5. The quantitative estimate of drug-likeness (QED) is 0.195. The van der Waals surface area contributed by atoms with Crippen molar-refractivity contribution in [1.29, 1.82) is 0 Å². The number of hydrogen-bond donors (Lipinski definition) is 0. The summed E-state index contributed by atoms with van der Waals surface area (Å²) in [6.07, 6.45) is 0. The maximum atomic E-state index is 2.39. The third-order valence-electron chi connectivity index (χ3n) is 7.68. The van der Waals surface area contributed by atoms with Crippen molar-refractivity contribution in [3.8, 4) is 22.3 Å². The molecular weight excluding hydrogens is 499 g/mol. The van der Waals surface area contributed by atoms with Gasteiger partial charge in [0.1, 0.15) is 0 Å². The fourth-order valence-corrected chi connectivity index (χ4v) is 8.36. The van der Waals surface area contributed by atoms with Gasteiger partial charge < -0.3 is 0 Å². The molecular formula is C39H29P. The fourth-order valence-electron chi connectivity index (χ4n) is 5.88. The fraction of sp³-hybridized carbons (Fsp3) is 0.0256. The van der Waals surface area contributed by atoms with Crippen molar-refractivity contribution < 1.29 is 0 Å². The molecule has 0 amide bonds. The lowest BCUT2D eigenvalue weighted by Crippen LogP contribution is -2.22. The molecule has 0 radical (unpaired) electrons. The van der Waals surface area contributed by atoms with Crippen molar-refractivity contribution in [2.45, 2.75) is 6.92 Å². The van der Waals surface area contributed by atoms with E-state index in [0.29, 0.717) is 0 Å². The molecule has 40 heavy (non-hydrogen) atoms. The van der Waals surface area contributed by atoms with Gasteiger partial charge >= 0.3 is 0 Å². The Morgan fingerprint density at radius 3 is 1.60 bits per heavy atom. The van der Waals surface area contributed by atoms with Gasteiger partial charge in [0.25, 0.3) is 0 Å². The monoisotopic (exact) mass is 528 g/mol. The van der Waals surface area contributed by atoms with Crippen LogP contribution in [0.3, 0.4) is 0 Å². The summed E-state index contributed by atoms with van der Waals surface area (Å²) in [5.41, 5.74) is 6.45. The van der Waals surface area contributed by atoms with Gasteiger partial charge in [0.2, 0.25) is 0 Å². The van der Waals surface area contributed by atoms with Crippen LogP contribution in [0.1, 0.15) is 5.56 Å². The lowest BCUT2D eigenvalue weighted by Gasteiger charge is -2.26. The zero-order valence-corrected chi connectivity index (χ0v) is 23.4. The third-order valence-corrected chi connectivity index (χ3v) is 10.2. The normalized spacial score (nSPS) is 11.3. The highest BCUT2D eigenvalue weighted by Gasteiger charge is 2.24. The van der Waals surface area contributed by atoms with Gasteiger partial charge in [-0.15, -0.1) is 0 Å². The molecule has 7 aromatic carbocycles. The topological polar surface area (TPSA) is 0 Å². The number of hydrogen-bond acceptors (Lipinski definition) is 0. The minimum Gasteiger partial charge on any atom is -0.0622 e. The molecule has 0 fully saturated rings. The van der Waals surface area contributed by atoms with Gasteiger partial charge in [0.05, 0.1) is 0 Å². The minimum atomic E-state index is -0.807. The Morgan fingerprint density at radius 1 is 0.425 bits per heavy atom. The summed E-state index contributed by atoms with van der Waals surface area (Å²) in [5, 5.41) is 9.21. The summed E-state index contributed by atoms with van der Waals surface area (Å²) in [6.45, 7) is 2.18. The van der Waals surface area contributed by atoms with Gasteiger partial charge in [-0.2, -0.15) is 0 Å². The zero-order chi connectivity index (χ0) is 26.9. The maximum Gasteiger partial charge on any atom is -0.000925 e.